The normalized spacial score (nSPS) is 18.6. The van der Waals surface area contributed by atoms with Gasteiger partial charge >= 0.3 is 0 Å². The highest BCUT2D eigenvalue weighted by Gasteiger charge is 2.47. The zero-order valence-electron chi connectivity index (χ0n) is 15.8. The van der Waals surface area contributed by atoms with Crippen molar-refractivity contribution in [1.82, 2.24) is 4.90 Å². The number of halogens is 1. The number of nitrogens with zero attached hydrogens (tertiary/aromatic N) is 1. The van der Waals surface area contributed by atoms with Crippen LogP contribution in [0.4, 0.5) is 4.39 Å². The van der Waals surface area contributed by atoms with Gasteiger partial charge in [0.2, 0.25) is 0 Å². The van der Waals surface area contributed by atoms with Gasteiger partial charge in [0, 0.05) is 5.56 Å². The van der Waals surface area contributed by atoms with Gasteiger partial charge in [0.05, 0.1) is 18.4 Å². The minimum atomic E-state index is -0.960. The van der Waals surface area contributed by atoms with E-state index in [9.17, 15) is 19.1 Å². The Hall–Kier alpha value is -3.61. The summed E-state index contributed by atoms with van der Waals surface area (Å²) in [4.78, 5) is 26.9. The number of Topliss-reactive ketones (excluding diaryl/α,β-unsaturated/α-hetero) is 1. The summed E-state index contributed by atoms with van der Waals surface area (Å²) in [5.41, 5.74) is 0.356. The van der Waals surface area contributed by atoms with E-state index in [4.69, 9.17) is 8.83 Å². The third kappa shape index (κ3) is 3.24. The number of likely N-dealkylation sites (tertiary alicyclic amines) is 1. The van der Waals surface area contributed by atoms with Gasteiger partial charge in [0.1, 0.15) is 34.9 Å². The highest BCUT2D eigenvalue weighted by atomic mass is 19.1. The molecule has 1 aliphatic rings. The maximum atomic E-state index is 14.0. The number of hydrogen-bond donors (Lipinski definition) is 1. The zero-order valence-corrected chi connectivity index (χ0v) is 15.8. The summed E-state index contributed by atoms with van der Waals surface area (Å²) in [7, 11) is 0. The summed E-state index contributed by atoms with van der Waals surface area (Å²) < 4.78 is 25.0. The zero-order chi connectivity index (χ0) is 20.7. The first-order chi connectivity index (χ1) is 13.9. The molecule has 1 amide bonds. The van der Waals surface area contributed by atoms with Crippen molar-refractivity contribution in [2.75, 3.05) is 0 Å². The maximum absolute atomic E-state index is 14.0. The molecule has 0 spiro atoms. The molecule has 3 heterocycles. The number of carbonyl (C=O) groups excluding carboxylic acids is 2. The molecule has 7 heteroatoms. The SMILES string of the molecule is Cc1ccc([C@@H]2C(=C(O)c3ccc(C)c(F)c3)C(=O)C(=O)N2Cc2ccco2)o1. The second-order valence-electron chi connectivity index (χ2n) is 6.92. The molecule has 0 radical (unpaired) electrons. The van der Waals surface area contributed by atoms with Gasteiger partial charge in [0.25, 0.3) is 11.7 Å². The molecule has 1 aromatic carbocycles. The fourth-order valence-corrected chi connectivity index (χ4v) is 3.41. The van der Waals surface area contributed by atoms with Crippen LogP contribution < -0.4 is 0 Å². The predicted molar refractivity (Wildman–Crippen MR) is 101 cm³/mol. The lowest BCUT2D eigenvalue weighted by atomic mass is 9.98. The molecule has 0 bridgehead atoms. The highest BCUT2D eigenvalue weighted by Crippen LogP contribution is 2.41. The van der Waals surface area contributed by atoms with Crippen LogP contribution in [0, 0.1) is 19.7 Å². The van der Waals surface area contributed by atoms with Gasteiger partial charge < -0.3 is 18.8 Å². The number of amides is 1. The molecule has 1 atom stereocenters. The minimum Gasteiger partial charge on any atom is -0.507 e. The molecule has 0 unspecified atom stereocenters. The molecule has 1 N–H and O–H groups in total. The van der Waals surface area contributed by atoms with Crippen molar-refractivity contribution < 1.29 is 27.9 Å². The number of ketones is 1. The van der Waals surface area contributed by atoms with Crippen molar-refractivity contribution >= 4 is 17.4 Å². The van der Waals surface area contributed by atoms with Crippen LogP contribution in [0.25, 0.3) is 5.76 Å². The Bertz CT molecular complexity index is 1130. The second-order valence-corrected chi connectivity index (χ2v) is 6.92. The monoisotopic (exact) mass is 395 g/mol. The predicted octanol–water partition coefficient (Wildman–Crippen LogP) is 4.25. The average molecular weight is 395 g/mol. The van der Waals surface area contributed by atoms with E-state index in [1.54, 1.807) is 38.1 Å². The molecule has 0 aliphatic carbocycles. The molecular weight excluding hydrogens is 377 g/mol. The lowest BCUT2D eigenvalue weighted by Gasteiger charge is -2.22. The number of aryl methyl sites for hydroxylation is 2. The summed E-state index contributed by atoms with van der Waals surface area (Å²) in [5.74, 6) is -1.26. The Kier molecular flexibility index (Phi) is 4.58. The van der Waals surface area contributed by atoms with Crippen LogP contribution in [0.2, 0.25) is 0 Å². The van der Waals surface area contributed by atoms with Crippen molar-refractivity contribution in [3.8, 4) is 0 Å². The minimum absolute atomic E-state index is 0.0149. The van der Waals surface area contributed by atoms with Gasteiger partial charge in [-0.25, -0.2) is 4.39 Å². The third-order valence-corrected chi connectivity index (χ3v) is 4.92. The number of aliphatic hydroxyl groups is 1. The number of aliphatic hydroxyl groups excluding tert-OH is 1. The van der Waals surface area contributed by atoms with Crippen LogP contribution in [-0.4, -0.2) is 21.7 Å². The Morgan fingerprint density at radius 2 is 1.97 bits per heavy atom. The Morgan fingerprint density at radius 1 is 1.17 bits per heavy atom. The van der Waals surface area contributed by atoms with E-state index >= 15 is 0 Å². The molecule has 1 fully saturated rings. The Morgan fingerprint density at radius 3 is 2.59 bits per heavy atom. The van der Waals surface area contributed by atoms with Crippen molar-refractivity contribution in [2.45, 2.75) is 26.4 Å². The van der Waals surface area contributed by atoms with Crippen LogP contribution in [0.5, 0.6) is 0 Å². The average Bonchev–Trinajstić information content (AvgIpc) is 3.41. The fourth-order valence-electron chi connectivity index (χ4n) is 3.41. The second kappa shape index (κ2) is 7.09. The van der Waals surface area contributed by atoms with E-state index < -0.39 is 29.3 Å². The summed E-state index contributed by atoms with van der Waals surface area (Å²) in [5, 5.41) is 10.9. The van der Waals surface area contributed by atoms with Crippen LogP contribution in [0.1, 0.15) is 34.4 Å². The van der Waals surface area contributed by atoms with Crippen molar-refractivity contribution in [2.24, 2.45) is 0 Å². The number of furan rings is 2. The summed E-state index contributed by atoms with van der Waals surface area (Å²) in [6.45, 7) is 3.34. The first-order valence-corrected chi connectivity index (χ1v) is 9.00. The van der Waals surface area contributed by atoms with E-state index in [1.807, 2.05) is 0 Å². The van der Waals surface area contributed by atoms with Gasteiger partial charge in [-0.05, 0) is 49.7 Å². The van der Waals surface area contributed by atoms with E-state index in [-0.39, 0.29) is 17.7 Å². The number of benzene rings is 1. The lowest BCUT2D eigenvalue weighted by molar-refractivity contribution is -0.140. The topological polar surface area (TPSA) is 83.9 Å². The molecule has 29 heavy (non-hydrogen) atoms. The molecule has 6 nitrogen and oxygen atoms in total. The molecule has 1 saturated heterocycles. The molecule has 4 rings (SSSR count). The van der Waals surface area contributed by atoms with E-state index in [0.29, 0.717) is 22.8 Å². The molecule has 0 saturated carbocycles. The van der Waals surface area contributed by atoms with Crippen LogP contribution in [0.15, 0.2) is 63.1 Å². The maximum Gasteiger partial charge on any atom is 0.296 e. The molecule has 148 valence electrons. The molecule has 2 aromatic heterocycles. The van der Waals surface area contributed by atoms with Gasteiger partial charge in [-0.15, -0.1) is 0 Å². The highest BCUT2D eigenvalue weighted by molar-refractivity contribution is 6.46. The Balaban J connectivity index is 1.87. The molecule has 3 aromatic rings. The lowest BCUT2D eigenvalue weighted by Crippen LogP contribution is -2.28. The van der Waals surface area contributed by atoms with E-state index in [2.05, 4.69) is 0 Å². The van der Waals surface area contributed by atoms with E-state index in [1.165, 1.54) is 23.3 Å². The van der Waals surface area contributed by atoms with Gasteiger partial charge in [-0.2, -0.15) is 0 Å². The number of rotatable bonds is 4. The summed E-state index contributed by atoms with van der Waals surface area (Å²) in [6, 6.07) is 9.87. The van der Waals surface area contributed by atoms with Crippen molar-refractivity contribution in [3.05, 3.63) is 88.5 Å². The number of hydrogen-bond acceptors (Lipinski definition) is 5. The Labute approximate surface area is 165 Å². The quantitative estimate of drug-likeness (QED) is 0.406. The van der Waals surface area contributed by atoms with Crippen LogP contribution >= 0.6 is 0 Å². The standard InChI is InChI=1S/C22H18FNO5/c1-12-5-7-14(10-16(12)23)20(25)18-19(17-8-6-13(2)29-17)24(22(27)21(18)26)11-15-4-3-9-28-15/h3-10,19,25H,11H2,1-2H3/t19-/m1/s1. The van der Waals surface area contributed by atoms with Gasteiger partial charge in [0.15, 0.2) is 0 Å². The first kappa shape index (κ1) is 18.7. The van der Waals surface area contributed by atoms with Crippen LogP contribution in [-0.2, 0) is 16.1 Å². The number of carbonyl (C=O) groups is 2. The smallest absolute Gasteiger partial charge is 0.296 e. The third-order valence-electron chi connectivity index (χ3n) is 4.92. The largest absolute Gasteiger partial charge is 0.507 e. The van der Waals surface area contributed by atoms with Crippen LogP contribution in [0.3, 0.4) is 0 Å². The van der Waals surface area contributed by atoms with Gasteiger partial charge in [-0.3, -0.25) is 9.59 Å². The summed E-state index contributed by atoms with van der Waals surface area (Å²) >= 11 is 0. The first-order valence-electron chi connectivity index (χ1n) is 9.00. The van der Waals surface area contributed by atoms with Crippen molar-refractivity contribution in [3.63, 3.8) is 0 Å². The van der Waals surface area contributed by atoms with E-state index in [0.717, 1.165) is 6.07 Å². The van der Waals surface area contributed by atoms with Crippen molar-refractivity contribution in [1.29, 1.82) is 0 Å². The van der Waals surface area contributed by atoms with Gasteiger partial charge in [-0.1, -0.05) is 12.1 Å². The molecular formula is C22H18FNO5. The molecule has 1 aliphatic heterocycles. The fraction of sp³-hybridized carbons (Fsp3) is 0.182. The summed E-state index contributed by atoms with van der Waals surface area (Å²) in [6.07, 6.45) is 1.47.